The van der Waals surface area contributed by atoms with Gasteiger partial charge in [-0.25, -0.2) is 0 Å². The van der Waals surface area contributed by atoms with Crippen molar-refractivity contribution >= 4 is 24.2 Å². The molecular formula is C15H20BClO3. The summed E-state index contributed by atoms with van der Waals surface area (Å²) < 4.78 is 17.9. The van der Waals surface area contributed by atoms with Crippen molar-refractivity contribution in [1.82, 2.24) is 0 Å². The Hall–Kier alpha value is -0.705. The molecule has 5 heteroatoms. The van der Waals surface area contributed by atoms with Gasteiger partial charge in [-0.05, 0) is 46.6 Å². The van der Waals surface area contributed by atoms with E-state index >= 15 is 0 Å². The van der Waals surface area contributed by atoms with Gasteiger partial charge in [0.15, 0.2) is 0 Å². The van der Waals surface area contributed by atoms with Crippen LogP contribution in [0.2, 0.25) is 5.02 Å². The lowest BCUT2D eigenvalue weighted by Gasteiger charge is -2.32. The molecule has 1 aromatic carbocycles. The van der Waals surface area contributed by atoms with E-state index in [2.05, 4.69) is 0 Å². The zero-order valence-corrected chi connectivity index (χ0v) is 13.2. The molecule has 2 aliphatic rings. The molecule has 1 aromatic rings. The predicted octanol–water partition coefficient (Wildman–Crippen LogP) is 3.18. The predicted molar refractivity (Wildman–Crippen MR) is 80.8 cm³/mol. The van der Waals surface area contributed by atoms with E-state index in [1.807, 2.05) is 45.9 Å². The highest BCUT2D eigenvalue weighted by Gasteiger charge is 2.52. The Labute approximate surface area is 125 Å². The third-order valence-corrected chi connectivity index (χ3v) is 4.72. The zero-order chi connectivity index (χ0) is 14.5. The van der Waals surface area contributed by atoms with E-state index in [1.165, 1.54) is 0 Å². The van der Waals surface area contributed by atoms with E-state index < -0.39 is 7.12 Å². The lowest BCUT2D eigenvalue weighted by atomic mass is 9.79. The lowest BCUT2D eigenvalue weighted by molar-refractivity contribution is 0.00578. The van der Waals surface area contributed by atoms with Crippen molar-refractivity contribution in [3.8, 4) is 5.75 Å². The second-order valence-corrected chi connectivity index (χ2v) is 6.94. The fourth-order valence-corrected chi connectivity index (χ4v) is 2.40. The highest BCUT2D eigenvalue weighted by Crippen LogP contribution is 2.38. The van der Waals surface area contributed by atoms with Crippen LogP contribution >= 0.6 is 11.6 Å². The molecule has 0 N–H and O–H groups in total. The fraction of sp³-hybridized carbons (Fsp3) is 0.600. The molecule has 1 saturated heterocycles. The Balaban J connectivity index is 1.87. The van der Waals surface area contributed by atoms with E-state index in [4.69, 9.17) is 25.6 Å². The summed E-state index contributed by atoms with van der Waals surface area (Å²) >= 11 is 6.46. The number of hydrogen-bond donors (Lipinski definition) is 0. The molecule has 1 heterocycles. The monoisotopic (exact) mass is 294 g/mol. The van der Waals surface area contributed by atoms with Gasteiger partial charge in [0.25, 0.3) is 0 Å². The molecule has 108 valence electrons. The molecule has 0 amide bonds. The summed E-state index contributed by atoms with van der Waals surface area (Å²) in [5.74, 6) is 0.723. The van der Waals surface area contributed by atoms with Crippen molar-refractivity contribution in [2.24, 2.45) is 0 Å². The van der Waals surface area contributed by atoms with Crippen LogP contribution in [0, 0.1) is 0 Å². The lowest BCUT2D eigenvalue weighted by Crippen LogP contribution is -2.41. The summed E-state index contributed by atoms with van der Waals surface area (Å²) in [6.45, 7) is 8.13. The van der Waals surface area contributed by atoms with Crippen molar-refractivity contribution in [3.63, 3.8) is 0 Å². The molecule has 1 saturated carbocycles. The van der Waals surface area contributed by atoms with E-state index in [0.29, 0.717) is 11.1 Å². The van der Waals surface area contributed by atoms with Crippen LogP contribution in [0.4, 0.5) is 0 Å². The molecule has 1 aliphatic heterocycles. The average molecular weight is 295 g/mol. The van der Waals surface area contributed by atoms with Crippen LogP contribution in [0.1, 0.15) is 40.5 Å². The minimum absolute atomic E-state index is 0.320. The average Bonchev–Trinajstić information content (AvgIpc) is 3.10. The highest BCUT2D eigenvalue weighted by atomic mass is 35.5. The van der Waals surface area contributed by atoms with Crippen LogP contribution in [0.15, 0.2) is 18.2 Å². The van der Waals surface area contributed by atoms with Crippen molar-refractivity contribution in [3.05, 3.63) is 23.2 Å². The van der Waals surface area contributed by atoms with Crippen LogP contribution in [0.25, 0.3) is 0 Å². The van der Waals surface area contributed by atoms with E-state index in [0.717, 1.165) is 24.1 Å². The SMILES string of the molecule is CC1(C)OB(c2cccc(OC3CC3)c2Cl)OC1(C)C. The number of halogens is 1. The maximum absolute atomic E-state index is 6.46. The summed E-state index contributed by atoms with van der Waals surface area (Å²) in [5.41, 5.74) is 0.103. The molecule has 0 radical (unpaired) electrons. The third-order valence-electron chi connectivity index (χ3n) is 4.32. The zero-order valence-electron chi connectivity index (χ0n) is 12.4. The first-order valence-corrected chi connectivity index (χ1v) is 7.49. The van der Waals surface area contributed by atoms with Crippen molar-refractivity contribution in [1.29, 1.82) is 0 Å². The first kappa shape index (κ1) is 14.2. The Morgan fingerprint density at radius 3 is 2.30 bits per heavy atom. The minimum atomic E-state index is -0.449. The Kier molecular flexibility index (Phi) is 3.31. The summed E-state index contributed by atoms with van der Waals surface area (Å²) in [4.78, 5) is 0. The minimum Gasteiger partial charge on any atom is -0.489 e. The summed E-state index contributed by atoms with van der Waals surface area (Å²) in [6.07, 6.45) is 2.54. The molecule has 0 atom stereocenters. The van der Waals surface area contributed by atoms with Gasteiger partial charge in [0.05, 0.1) is 22.3 Å². The molecule has 0 unspecified atom stereocenters. The van der Waals surface area contributed by atoms with Crippen molar-refractivity contribution < 1.29 is 14.0 Å². The number of rotatable bonds is 3. The fourth-order valence-electron chi connectivity index (χ4n) is 2.14. The van der Waals surface area contributed by atoms with E-state index in [1.54, 1.807) is 0 Å². The molecule has 2 fully saturated rings. The van der Waals surface area contributed by atoms with Gasteiger partial charge >= 0.3 is 7.12 Å². The number of ether oxygens (including phenoxy) is 1. The molecule has 1 aliphatic carbocycles. The topological polar surface area (TPSA) is 27.7 Å². The largest absolute Gasteiger partial charge is 0.496 e. The van der Waals surface area contributed by atoms with E-state index in [9.17, 15) is 0 Å². The Morgan fingerprint density at radius 1 is 1.15 bits per heavy atom. The molecule has 0 aromatic heterocycles. The van der Waals surface area contributed by atoms with Crippen molar-refractivity contribution in [2.75, 3.05) is 0 Å². The maximum Gasteiger partial charge on any atom is 0.496 e. The van der Waals surface area contributed by atoms with Gasteiger partial charge in [-0.2, -0.15) is 0 Å². The maximum atomic E-state index is 6.46. The highest BCUT2D eigenvalue weighted by molar-refractivity contribution is 6.66. The molecule has 0 bridgehead atoms. The van der Waals surface area contributed by atoms with Gasteiger partial charge < -0.3 is 14.0 Å². The van der Waals surface area contributed by atoms with Gasteiger partial charge in [0.2, 0.25) is 0 Å². The van der Waals surface area contributed by atoms with Crippen LogP contribution in [-0.4, -0.2) is 24.4 Å². The first-order chi connectivity index (χ1) is 9.30. The molecule has 0 spiro atoms. The van der Waals surface area contributed by atoms with Gasteiger partial charge in [0, 0.05) is 5.46 Å². The van der Waals surface area contributed by atoms with Crippen LogP contribution in [0.3, 0.4) is 0 Å². The van der Waals surface area contributed by atoms with Gasteiger partial charge in [-0.3, -0.25) is 0 Å². The molecule has 20 heavy (non-hydrogen) atoms. The second kappa shape index (κ2) is 4.65. The molecule has 3 rings (SSSR count). The summed E-state index contributed by atoms with van der Waals surface area (Å²) in [5, 5.41) is 0.595. The Bertz CT molecular complexity index is 510. The number of benzene rings is 1. The van der Waals surface area contributed by atoms with Gasteiger partial charge in [0.1, 0.15) is 5.75 Å². The standard InChI is InChI=1S/C15H20BClO3/c1-14(2)15(3,4)20-16(19-14)11-6-5-7-12(13(11)17)18-10-8-9-10/h5-7,10H,8-9H2,1-4H3. The Morgan fingerprint density at radius 2 is 1.75 bits per heavy atom. The van der Waals surface area contributed by atoms with Gasteiger partial charge in [-0.1, -0.05) is 23.7 Å². The van der Waals surface area contributed by atoms with Crippen molar-refractivity contribution in [2.45, 2.75) is 57.8 Å². The third kappa shape index (κ3) is 2.45. The van der Waals surface area contributed by atoms with E-state index in [-0.39, 0.29) is 11.2 Å². The summed E-state index contributed by atoms with van der Waals surface area (Å²) in [6, 6.07) is 5.77. The van der Waals surface area contributed by atoms with Crippen LogP contribution in [-0.2, 0) is 9.31 Å². The summed E-state index contributed by atoms with van der Waals surface area (Å²) in [7, 11) is -0.449. The molecule has 3 nitrogen and oxygen atoms in total. The van der Waals surface area contributed by atoms with Gasteiger partial charge in [-0.15, -0.1) is 0 Å². The normalized spacial score (nSPS) is 23.9. The van der Waals surface area contributed by atoms with Crippen LogP contribution in [0.5, 0.6) is 5.75 Å². The first-order valence-electron chi connectivity index (χ1n) is 7.11. The smallest absolute Gasteiger partial charge is 0.489 e. The molecular weight excluding hydrogens is 274 g/mol. The quantitative estimate of drug-likeness (QED) is 0.801. The second-order valence-electron chi connectivity index (χ2n) is 6.56. The van der Waals surface area contributed by atoms with Crippen LogP contribution < -0.4 is 10.2 Å². The number of hydrogen-bond acceptors (Lipinski definition) is 3.